The molecule has 0 amide bonds. The van der Waals surface area contributed by atoms with Crippen LogP contribution in [-0.2, 0) is 6.42 Å². The van der Waals surface area contributed by atoms with E-state index in [0.29, 0.717) is 33.5 Å². The smallest absolute Gasteiger partial charge is 0.205 e. The number of aromatic nitrogens is 1. The predicted octanol–water partition coefficient (Wildman–Crippen LogP) is 5.40. The molecule has 0 bridgehead atoms. The quantitative estimate of drug-likeness (QED) is 0.578. The summed E-state index contributed by atoms with van der Waals surface area (Å²) in [6, 6.07) is 8.50. The lowest BCUT2D eigenvalue weighted by atomic mass is 9.89. The van der Waals surface area contributed by atoms with Crippen LogP contribution in [0.25, 0.3) is 17.0 Å². The van der Waals surface area contributed by atoms with Gasteiger partial charge in [-0.05, 0) is 54.3 Å². The highest BCUT2D eigenvalue weighted by atomic mass is 35.5. The topological polar surface area (TPSA) is 62.3 Å². The lowest BCUT2D eigenvalue weighted by Gasteiger charge is -2.14. The third kappa shape index (κ3) is 2.75. The van der Waals surface area contributed by atoms with Crippen molar-refractivity contribution >= 4 is 46.0 Å². The summed E-state index contributed by atoms with van der Waals surface area (Å²) >= 11 is 12.4. The number of Topliss-reactive ketones (excluding diaryl/α,β-unsaturated/α-hetero) is 1. The van der Waals surface area contributed by atoms with Gasteiger partial charge in [-0.2, -0.15) is 0 Å². The van der Waals surface area contributed by atoms with E-state index in [-0.39, 0.29) is 11.5 Å². The maximum absolute atomic E-state index is 13.0. The third-order valence-corrected chi connectivity index (χ3v) is 5.16. The van der Waals surface area contributed by atoms with E-state index in [0.717, 1.165) is 28.5 Å². The van der Waals surface area contributed by atoms with E-state index in [1.807, 2.05) is 12.1 Å². The number of hydrogen-bond acceptors (Lipinski definition) is 3. The molecule has 1 heterocycles. The summed E-state index contributed by atoms with van der Waals surface area (Å²) in [6.07, 6.45) is 3.16. The molecular weight excluding hydrogens is 373 g/mol. The van der Waals surface area contributed by atoms with Crippen molar-refractivity contribution in [3.8, 4) is 11.5 Å². The van der Waals surface area contributed by atoms with Crippen LogP contribution in [-0.4, -0.2) is 23.0 Å². The van der Waals surface area contributed by atoms with Gasteiger partial charge in [-0.25, -0.2) is 0 Å². The number of phenolic OH excluding ortho intramolecular Hbond substituents is 1. The molecule has 4 rings (SSSR count). The summed E-state index contributed by atoms with van der Waals surface area (Å²) in [5, 5.41) is 11.7. The molecule has 0 unspecified atom stereocenters. The van der Waals surface area contributed by atoms with Crippen molar-refractivity contribution in [3.63, 3.8) is 0 Å². The van der Waals surface area contributed by atoms with Crippen molar-refractivity contribution in [2.45, 2.75) is 12.8 Å². The van der Waals surface area contributed by atoms with Gasteiger partial charge in [-0.1, -0.05) is 29.3 Å². The van der Waals surface area contributed by atoms with Crippen LogP contribution in [0, 0.1) is 0 Å². The zero-order chi connectivity index (χ0) is 18.4. The molecule has 6 heteroatoms. The first-order valence-corrected chi connectivity index (χ1v) is 8.85. The third-order valence-electron chi connectivity index (χ3n) is 4.64. The van der Waals surface area contributed by atoms with Gasteiger partial charge in [-0.3, -0.25) is 4.79 Å². The molecular formula is C20H15Cl2NO3. The Labute approximate surface area is 160 Å². The summed E-state index contributed by atoms with van der Waals surface area (Å²) in [5.41, 5.74) is 3.74. The number of nitrogens with one attached hydrogen (secondary N) is 1. The van der Waals surface area contributed by atoms with Crippen LogP contribution in [0.5, 0.6) is 11.5 Å². The van der Waals surface area contributed by atoms with E-state index >= 15 is 0 Å². The number of methoxy groups -OCH3 is 1. The molecule has 1 aliphatic carbocycles. The SMILES string of the molecule is COc1cc(/C=C2\CCc3c([nH]c4c(Cl)cc(Cl)cc34)C2=O)ccc1O. The van der Waals surface area contributed by atoms with Crippen LogP contribution in [0.2, 0.25) is 10.0 Å². The van der Waals surface area contributed by atoms with Gasteiger partial charge in [0.05, 0.1) is 23.3 Å². The van der Waals surface area contributed by atoms with Crippen molar-refractivity contribution in [1.29, 1.82) is 0 Å². The zero-order valence-corrected chi connectivity index (χ0v) is 15.4. The molecule has 1 aliphatic rings. The number of aryl methyl sites for hydroxylation is 1. The van der Waals surface area contributed by atoms with E-state index in [9.17, 15) is 9.90 Å². The van der Waals surface area contributed by atoms with E-state index in [1.165, 1.54) is 7.11 Å². The average Bonchev–Trinajstić information content (AvgIpc) is 2.99. The van der Waals surface area contributed by atoms with Gasteiger partial charge in [0.1, 0.15) is 0 Å². The van der Waals surface area contributed by atoms with Crippen LogP contribution in [0.3, 0.4) is 0 Å². The summed E-state index contributed by atoms with van der Waals surface area (Å²) in [4.78, 5) is 16.1. The fourth-order valence-electron chi connectivity index (χ4n) is 3.38. The first-order chi connectivity index (χ1) is 12.5. The fourth-order valence-corrected chi connectivity index (χ4v) is 3.92. The second kappa shape index (κ2) is 6.38. The molecule has 2 aromatic carbocycles. The van der Waals surface area contributed by atoms with Gasteiger partial charge < -0.3 is 14.8 Å². The average molecular weight is 388 g/mol. The van der Waals surface area contributed by atoms with Gasteiger partial charge in [-0.15, -0.1) is 0 Å². The number of benzene rings is 2. The van der Waals surface area contributed by atoms with Crippen molar-refractivity contribution in [3.05, 3.63) is 62.8 Å². The Morgan fingerprint density at radius 1 is 1.19 bits per heavy atom. The molecule has 0 spiro atoms. The first kappa shape index (κ1) is 17.0. The molecule has 1 aromatic heterocycles. The second-order valence-corrected chi connectivity index (χ2v) is 7.06. The monoisotopic (exact) mass is 387 g/mol. The number of carbonyl (C=O) groups is 1. The van der Waals surface area contributed by atoms with Crippen LogP contribution in [0.1, 0.15) is 28.0 Å². The Morgan fingerprint density at radius 2 is 2.00 bits per heavy atom. The van der Waals surface area contributed by atoms with E-state index < -0.39 is 0 Å². The maximum Gasteiger partial charge on any atom is 0.205 e. The standard InChI is InChI=1S/C20H15Cl2NO3/c1-26-17-7-10(2-5-16(17)24)6-11-3-4-13-14-8-12(21)9-15(22)18(14)23-19(13)20(11)25/h2,5-9,23-24H,3-4H2,1H3/b11-6+. The van der Waals surface area contributed by atoms with Crippen molar-refractivity contribution in [2.75, 3.05) is 7.11 Å². The van der Waals surface area contributed by atoms with Gasteiger partial charge in [0.15, 0.2) is 11.5 Å². The number of allylic oxidation sites excluding steroid dienone is 1. The fraction of sp³-hybridized carbons (Fsp3) is 0.150. The molecule has 0 saturated heterocycles. The molecule has 0 fully saturated rings. The first-order valence-electron chi connectivity index (χ1n) is 8.10. The lowest BCUT2D eigenvalue weighted by Crippen LogP contribution is -2.13. The normalized spacial score (nSPS) is 15.5. The summed E-state index contributed by atoms with van der Waals surface area (Å²) in [5.74, 6) is 0.381. The molecule has 0 aliphatic heterocycles. The number of halogens is 2. The minimum atomic E-state index is -0.0540. The van der Waals surface area contributed by atoms with Crippen LogP contribution >= 0.6 is 23.2 Å². The lowest BCUT2D eigenvalue weighted by molar-refractivity contribution is 0.102. The van der Waals surface area contributed by atoms with Crippen molar-refractivity contribution < 1.29 is 14.6 Å². The molecule has 2 N–H and O–H groups in total. The Bertz CT molecular complexity index is 1080. The number of fused-ring (bicyclic) bond motifs is 3. The second-order valence-electron chi connectivity index (χ2n) is 6.22. The largest absolute Gasteiger partial charge is 0.504 e. The number of phenols is 1. The summed E-state index contributed by atoms with van der Waals surface area (Å²) in [7, 11) is 1.49. The highest BCUT2D eigenvalue weighted by Gasteiger charge is 2.26. The van der Waals surface area contributed by atoms with Gasteiger partial charge in [0.25, 0.3) is 0 Å². The number of aromatic amines is 1. The number of ether oxygens (including phenoxy) is 1. The van der Waals surface area contributed by atoms with Crippen LogP contribution in [0.4, 0.5) is 0 Å². The predicted molar refractivity (Wildman–Crippen MR) is 104 cm³/mol. The Balaban J connectivity index is 1.78. The van der Waals surface area contributed by atoms with Gasteiger partial charge in [0.2, 0.25) is 5.78 Å². The molecule has 26 heavy (non-hydrogen) atoms. The number of hydrogen-bond donors (Lipinski definition) is 2. The minimum Gasteiger partial charge on any atom is -0.504 e. The number of aromatic hydroxyl groups is 1. The molecule has 4 nitrogen and oxygen atoms in total. The van der Waals surface area contributed by atoms with E-state index in [1.54, 1.807) is 24.3 Å². The number of rotatable bonds is 2. The highest BCUT2D eigenvalue weighted by molar-refractivity contribution is 6.38. The summed E-state index contributed by atoms with van der Waals surface area (Å²) in [6.45, 7) is 0. The Hall–Kier alpha value is -2.43. The number of ketones is 1. The summed E-state index contributed by atoms with van der Waals surface area (Å²) < 4.78 is 5.12. The molecule has 0 saturated carbocycles. The van der Waals surface area contributed by atoms with Crippen molar-refractivity contribution in [2.24, 2.45) is 0 Å². The van der Waals surface area contributed by atoms with E-state index in [4.69, 9.17) is 27.9 Å². The van der Waals surface area contributed by atoms with Crippen LogP contribution in [0.15, 0.2) is 35.9 Å². The minimum absolute atomic E-state index is 0.0540. The van der Waals surface area contributed by atoms with Crippen LogP contribution < -0.4 is 4.74 Å². The Kier molecular flexibility index (Phi) is 4.17. The highest BCUT2D eigenvalue weighted by Crippen LogP contribution is 2.37. The van der Waals surface area contributed by atoms with Gasteiger partial charge >= 0.3 is 0 Å². The zero-order valence-electron chi connectivity index (χ0n) is 13.9. The molecule has 3 aromatic rings. The van der Waals surface area contributed by atoms with E-state index in [2.05, 4.69) is 4.98 Å². The van der Waals surface area contributed by atoms with Gasteiger partial charge in [0, 0.05) is 16.0 Å². The molecule has 0 atom stereocenters. The molecule has 132 valence electrons. The number of carbonyl (C=O) groups excluding carboxylic acids is 1. The Morgan fingerprint density at radius 3 is 2.77 bits per heavy atom. The number of H-pyrrole nitrogens is 1. The maximum atomic E-state index is 13.0. The molecule has 0 radical (unpaired) electrons. The van der Waals surface area contributed by atoms with Crippen molar-refractivity contribution in [1.82, 2.24) is 4.98 Å².